The van der Waals surface area contributed by atoms with Gasteiger partial charge in [-0.1, -0.05) is 19.4 Å². The highest BCUT2D eigenvalue weighted by Crippen LogP contribution is 2.26. The molecule has 0 radical (unpaired) electrons. The van der Waals surface area contributed by atoms with Crippen LogP contribution in [0.25, 0.3) is 10.9 Å². The number of Topliss-reactive ketones (excluding diaryl/α,β-unsaturated/α-hetero) is 1. The Labute approximate surface area is 133 Å². The van der Waals surface area contributed by atoms with E-state index in [0.29, 0.717) is 16.7 Å². The smallest absolute Gasteiger partial charge is 0.354 e. The summed E-state index contributed by atoms with van der Waals surface area (Å²) in [6, 6.07) is 4.70. The molecule has 1 aromatic carbocycles. The third-order valence-corrected chi connectivity index (χ3v) is 3.39. The quantitative estimate of drug-likeness (QED) is 0.826. The molecule has 0 saturated carbocycles. The predicted octanol–water partition coefficient (Wildman–Crippen LogP) is 2.23. The van der Waals surface area contributed by atoms with Gasteiger partial charge >= 0.3 is 5.97 Å². The van der Waals surface area contributed by atoms with Gasteiger partial charge in [-0.05, 0) is 25.0 Å². The maximum absolute atomic E-state index is 12.4. The number of nitrogens with one attached hydrogen (secondary N) is 1. The number of methoxy groups -OCH3 is 1. The van der Waals surface area contributed by atoms with Crippen LogP contribution < -0.4 is 10.2 Å². The Hall–Kier alpha value is -2.63. The third kappa shape index (κ3) is 3.59. The molecule has 0 spiro atoms. The van der Waals surface area contributed by atoms with Crippen LogP contribution in [0, 0.1) is 0 Å². The van der Waals surface area contributed by atoms with Crippen LogP contribution in [0.4, 0.5) is 0 Å². The number of pyridine rings is 1. The molecule has 1 heterocycles. The van der Waals surface area contributed by atoms with Gasteiger partial charge in [0.1, 0.15) is 18.1 Å². The first-order valence-electron chi connectivity index (χ1n) is 7.37. The number of fused-ring (bicyclic) bond motifs is 1. The van der Waals surface area contributed by atoms with E-state index in [2.05, 4.69) is 9.72 Å². The molecular formula is C17H19NO5. The summed E-state index contributed by atoms with van der Waals surface area (Å²) in [6.07, 6.45) is 1.62. The molecule has 6 nitrogen and oxygen atoms in total. The van der Waals surface area contributed by atoms with E-state index in [1.54, 1.807) is 6.07 Å². The van der Waals surface area contributed by atoms with Crippen molar-refractivity contribution in [2.45, 2.75) is 26.7 Å². The second-order valence-electron chi connectivity index (χ2n) is 5.25. The second-order valence-corrected chi connectivity index (χ2v) is 5.25. The van der Waals surface area contributed by atoms with E-state index in [9.17, 15) is 14.4 Å². The normalized spacial score (nSPS) is 10.6. The molecule has 1 N–H and O–H groups in total. The Bertz CT molecular complexity index is 806. The van der Waals surface area contributed by atoms with E-state index in [1.807, 2.05) is 13.0 Å². The Morgan fingerprint density at radius 3 is 2.61 bits per heavy atom. The number of hydrogen-bond donors (Lipinski definition) is 1. The van der Waals surface area contributed by atoms with Crippen molar-refractivity contribution in [1.29, 1.82) is 0 Å². The summed E-state index contributed by atoms with van der Waals surface area (Å²) in [5.74, 6) is -0.424. The maximum Gasteiger partial charge on any atom is 0.354 e. The molecule has 0 saturated heterocycles. The van der Waals surface area contributed by atoms with Crippen LogP contribution >= 0.6 is 0 Å². The van der Waals surface area contributed by atoms with E-state index < -0.39 is 5.97 Å². The van der Waals surface area contributed by atoms with Crippen LogP contribution in [-0.2, 0) is 16.0 Å². The van der Waals surface area contributed by atoms with Crippen molar-refractivity contribution in [2.75, 3.05) is 13.7 Å². The van der Waals surface area contributed by atoms with Crippen LogP contribution in [0.3, 0.4) is 0 Å². The van der Waals surface area contributed by atoms with E-state index >= 15 is 0 Å². The van der Waals surface area contributed by atoms with E-state index in [-0.39, 0.29) is 23.5 Å². The Morgan fingerprint density at radius 2 is 2.00 bits per heavy atom. The lowest BCUT2D eigenvalue weighted by Crippen LogP contribution is -2.14. The molecule has 23 heavy (non-hydrogen) atoms. The molecule has 0 unspecified atom stereocenters. The molecule has 0 atom stereocenters. The molecule has 2 aromatic rings. The monoisotopic (exact) mass is 317 g/mol. The molecule has 122 valence electrons. The van der Waals surface area contributed by atoms with Crippen LogP contribution in [0.15, 0.2) is 23.0 Å². The number of aryl methyl sites for hydroxylation is 1. The fourth-order valence-corrected chi connectivity index (χ4v) is 2.39. The van der Waals surface area contributed by atoms with E-state index in [1.165, 1.54) is 20.1 Å². The lowest BCUT2D eigenvalue weighted by atomic mass is 10.0. The first-order chi connectivity index (χ1) is 11.0. The zero-order valence-electron chi connectivity index (χ0n) is 13.4. The molecule has 0 aliphatic carbocycles. The number of hydrogen-bond acceptors (Lipinski definition) is 5. The zero-order valence-corrected chi connectivity index (χ0v) is 13.4. The molecule has 1 aromatic heterocycles. The average molecular weight is 317 g/mol. The number of aromatic nitrogens is 1. The van der Waals surface area contributed by atoms with E-state index in [4.69, 9.17) is 4.74 Å². The average Bonchev–Trinajstić information content (AvgIpc) is 2.53. The van der Waals surface area contributed by atoms with Gasteiger partial charge in [0, 0.05) is 6.07 Å². The Kier molecular flexibility index (Phi) is 5.16. The van der Waals surface area contributed by atoms with Crippen molar-refractivity contribution in [3.63, 3.8) is 0 Å². The minimum absolute atomic E-state index is 0.0890. The summed E-state index contributed by atoms with van der Waals surface area (Å²) >= 11 is 0. The van der Waals surface area contributed by atoms with Gasteiger partial charge in [0.15, 0.2) is 11.2 Å². The summed E-state index contributed by atoms with van der Waals surface area (Å²) in [4.78, 5) is 38.2. The number of aromatic amines is 1. The minimum Gasteiger partial charge on any atom is -0.485 e. The van der Waals surface area contributed by atoms with Crippen molar-refractivity contribution in [3.8, 4) is 5.75 Å². The lowest BCUT2D eigenvalue weighted by Gasteiger charge is -2.12. The maximum atomic E-state index is 12.4. The van der Waals surface area contributed by atoms with Crippen LogP contribution in [0.5, 0.6) is 5.75 Å². The summed E-state index contributed by atoms with van der Waals surface area (Å²) in [7, 11) is 1.25. The minimum atomic E-state index is -0.610. The van der Waals surface area contributed by atoms with Gasteiger partial charge < -0.3 is 14.5 Å². The molecule has 0 aliphatic heterocycles. The van der Waals surface area contributed by atoms with Crippen molar-refractivity contribution in [3.05, 3.63) is 39.7 Å². The number of ether oxygens (including phenoxy) is 2. The molecular weight excluding hydrogens is 298 g/mol. The zero-order chi connectivity index (χ0) is 17.0. The number of esters is 1. The molecule has 0 amide bonds. The second kappa shape index (κ2) is 7.09. The molecule has 2 rings (SSSR count). The van der Waals surface area contributed by atoms with Gasteiger partial charge in [-0.15, -0.1) is 0 Å². The fourth-order valence-electron chi connectivity index (χ4n) is 2.39. The number of benzene rings is 1. The van der Waals surface area contributed by atoms with Gasteiger partial charge in [0.2, 0.25) is 0 Å². The lowest BCUT2D eigenvalue weighted by molar-refractivity contribution is -0.118. The highest BCUT2D eigenvalue weighted by atomic mass is 16.5. The van der Waals surface area contributed by atoms with Crippen molar-refractivity contribution < 1.29 is 19.1 Å². The van der Waals surface area contributed by atoms with Crippen LogP contribution in [0.2, 0.25) is 0 Å². The van der Waals surface area contributed by atoms with Crippen molar-refractivity contribution >= 4 is 22.7 Å². The molecule has 0 aliphatic rings. The first-order valence-corrected chi connectivity index (χ1v) is 7.37. The van der Waals surface area contributed by atoms with Gasteiger partial charge in [0.05, 0.1) is 18.0 Å². The summed E-state index contributed by atoms with van der Waals surface area (Å²) in [5.41, 5.74) is 1.18. The third-order valence-electron chi connectivity index (χ3n) is 3.39. The topological polar surface area (TPSA) is 85.5 Å². The molecule has 0 bridgehead atoms. The summed E-state index contributed by atoms with van der Waals surface area (Å²) < 4.78 is 10.1. The number of H-pyrrole nitrogens is 1. The van der Waals surface area contributed by atoms with Crippen molar-refractivity contribution in [1.82, 2.24) is 4.98 Å². The number of ketones is 1. The van der Waals surface area contributed by atoms with Gasteiger partial charge in [-0.25, -0.2) is 4.79 Å². The van der Waals surface area contributed by atoms with Crippen LogP contribution in [0.1, 0.15) is 36.3 Å². The highest BCUT2D eigenvalue weighted by Gasteiger charge is 2.16. The molecule has 6 heteroatoms. The fraction of sp³-hybridized carbons (Fsp3) is 0.353. The largest absolute Gasteiger partial charge is 0.485 e. The number of rotatable bonds is 6. The summed E-state index contributed by atoms with van der Waals surface area (Å²) in [5, 5.41) is 0.338. The van der Waals surface area contributed by atoms with E-state index in [0.717, 1.165) is 18.4 Å². The first kappa shape index (κ1) is 16.7. The highest BCUT2D eigenvalue weighted by molar-refractivity contribution is 5.94. The van der Waals surface area contributed by atoms with Crippen molar-refractivity contribution in [2.24, 2.45) is 0 Å². The molecule has 0 fully saturated rings. The van der Waals surface area contributed by atoms with Gasteiger partial charge in [0.25, 0.3) is 0 Å². The predicted molar refractivity (Wildman–Crippen MR) is 86.1 cm³/mol. The van der Waals surface area contributed by atoms with Gasteiger partial charge in [-0.3, -0.25) is 9.59 Å². The number of carbonyl (C=O) groups is 2. The Balaban J connectivity index is 2.68. The Morgan fingerprint density at radius 1 is 1.26 bits per heavy atom. The van der Waals surface area contributed by atoms with Crippen LogP contribution in [-0.4, -0.2) is 30.5 Å². The number of carbonyl (C=O) groups excluding carboxylic acids is 2. The SMILES string of the molecule is CCCc1ccc(OCC(C)=O)c2c(=O)cc(C(=O)OC)[nH]c12. The summed E-state index contributed by atoms with van der Waals surface area (Å²) in [6.45, 7) is 3.32. The standard InChI is InChI=1S/C17H19NO5/c1-4-5-11-6-7-14(23-9-10(2)19)15-13(20)8-12(17(21)22-3)18-16(11)15/h6-8H,4-5,9H2,1-3H3,(H,18,20). The van der Waals surface area contributed by atoms with Gasteiger partial charge in [-0.2, -0.15) is 0 Å².